The van der Waals surface area contributed by atoms with Crippen LogP contribution in [-0.4, -0.2) is 10.2 Å². The van der Waals surface area contributed by atoms with Crippen LogP contribution in [0.15, 0.2) is 48.5 Å². The lowest BCUT2D eigenvalue weighted by Gasteiger charge is -2.25. The van der Waals surface area contributed by atoms with Gasteiger partial charge in [0.25, 0.3) is 0 Å². The Hall–Kier alpha value is -2.74. The van der Waals surface area contributed by atoms with Crippen molar-refractivity contribution in [2.75, 3.05) is 0 Å². The second-order valence-corrected chi connectivity index (χ2v) is 8.24. The number of hydrogen-bond acceptors (Lipinski definition) is 2. The topological polar surface area (TPSA) is 40.5 Å². The normalized spacial score (nSPS) is 11.4. The molecule has 0 aliphatic heterocycles. The van der Waals surface area contributed by atoms with E-state index in [1.54, 1.807) is 0 Å². The molecule has 0 amide bonds. The summed E-state index contributed by atoms with van der Waals surface area (Å²) in [5.74, 6) is 1.19. The highest BCUT2D eigenvalue weighted by Gasteiger charge is 2.22. The molecule has 0 aliphatic rings. The van der Waals surface area contributed by atoms with Crippen LogP contribution < -0.4 is 0 Å². The molecular formula is C26H30O2. The van der Waals surface area contributed by atoms with Crippen LogP contribution in [0.4, 0.5) is 0 Å². The van der Waals surface area contributed by atoms with Crippen molar-refractivity contribution >= 4 is 0 Å². The summed E-state index contributed by atoms with van der Waals surface area (Å²) in [5, 5.41) is 20.3. The van der Waals surface area contributed by atoms with Gasteiger partial charge in [-0.1, -0.05) is 50.2 Å². The molecule has 0 aliphatic carbocycles. The van der Waals surface area contributed by atoms with Gasteiger partial charge in [-0.2, -0.15) is 0 Å². The Morgan fingerprint density at radius 1 is 0.571 bits per heavy atom. The molecule has 2 nitrogen and oxygen atoms in total. The SMILES string of the molecule is Cc1cc(C(c2ccc(C(C)C)cc2)c2cc(C)c(O)cc2C)c(C)cc1O. The van der Waals surface area contributed by atoms with Gasteiger partial charge in [0, 0.05) is 5.92 Å². The smallest absolute Gasteiger partial charge is 0.118 e. The highest BCUT2D eigenvalue weighted by molar-refractivity contribution is 5.54. The maximum absolute atomic E-state index is 10.1. The predicted octanol–water partition coefficient (Wildman–Crippen LogP) is 6.64. The molecule has 28 heavy (non-hydrogen) atoms. The molecule has 0 fully saturated rings. The minimum Gasteiger partial charge on any atom is -0.508 e. The maximum atomic E-state index is 10.1. The van der Waals surface area contributed by atoms with Crippen LogP contribution in [0.1, 0.15) is 70.2 Å². The summed E-state index contributed by atoms with van der Waals surface area (Å²) in [6.45, 7) is 12.4. The monoisotopic (exact) mass is 374 g/mol. The van der Waals surface area contributed by atoms with E-state index in [-0.39, 0.29) is 5.92 Å². The Labute approximate surface area is 168 Å². The van der Waals surface area contributed by atoms with E-state index in [9.17, 15) is 10.2 Å². The number of hydrogen-bond donors (Lipinski definition) is 2. The highest BCUT2D eigenvalue weighted by atomic mass is 16.3. The number of phenols is 2. The first-order chi connectivity index (χ1) is 13.2. The Bertz CT molecular complexity index is 940. The second kappa shape index (κ2) is 7.71. The van der Waals surface area contributed by atoms with Gasteiger partial charge in [0.1, 0.15) is 11.5 Å². The van der Waals surface area contributed by atoms with Gasteiger partial charge >= 0.3 is 0 Å². The van der Waals surface area contributed by atoms with Crippen molar-refractivity contribution in [3.63, 3.8) is 0 Å². The fourth-order valence-corrected chi connectivity index (χ4v) is 3.87. The van der Waals surface area contributed by atoms with Gasteiger partial charge in [-0.05, 0) is 90.3 Å². The van der Waals surface area contributed by atoms with Crippen molar-refractivity contribution in [3.05, 3.63) is 93.0 Å². The summed E-state index contributed by atoms with van der Waals surface area (Å²) < 4.78 is 0. The third-order valence-corrected chi connectivity index (χ3v) is 5.73. The lowest BCUT2D eigenvalue weighted by molar-refractivity contribution is 0.470. The van der Waals surface area contributed by atoms with E-state index in [4.69, 9.17) is 0 Å². The van der Waals surface area contributed by atoms with E-state index in [2.05, 4.69) is 50.2 Å². The fourth-order valence-electron chi connectivity index (χ4n) is 3.87. The first-order valence-corrected chi connectivity index (χ1v) is 9.89. The van der Waals surface area contributed by atoms with Crippen LogP contribution in [0.2, 0.25) is 0 Å². The van der Waals surface area contributed by atoms with Crippen LogP contribution in [0.25, 0.3) is 0 Å². The van der Waals surface area contributed by atoms with E-state index in [1.807, 2.05) is 39.8 Å². The number of aryl methyl sites for hydroxylation is 4. The van der Waals surface area contributed by atoms with Crippen molar-refractivity contribution in [1.29, 1.82) is 0 Å². The van der Waals surface area contributed by atoms with Crippen LogP contribution >= 0.6 is 0 Å². The molecule has 2 N–H and O–H groups in total. The lowest BCUT2D eigenvalue weighted by Crippen LogP contribution is -2.08. The molecule has 0 saturated carbocycles. The third kappa shape index (κ3) is 3.77. The fraction of sp³-hybridized carbons (Fsp3) is 0.308. The van der Waals surface area contributed by atoms with Crippen molar-refractivity contribution in [2.24, 2.45) is 0 Å². The summed E-state index contributed by atoms with van der Waals surface area (Å²) in [4.78, 5) is 0. The van der Waals surface area contributed by atoms with Crippen molar-refractivity contribution < 1.29 is 10.2 Å². The molecule has 0 unspecified atom stereocenters. The molecule has 0 radical (unpaired) electrons. The Kier molecular flexibility index (Phi) is 5.51. The molecule has 0 atom stereocenters. The van der Waals surface area contributed by atoms with E-state index in [0.717, 1.165) is 22.3 Å². The van der Waals surface area contributed by atoms with Crippen molar-refractivity contribution in [2.45, 2.75) is 53.4 Å². The first-order valence-electron chi connectivity index (χ1n) is 9.89. The average Bonchev–Trinajstić information content (AvgIpc) is 2.64. The standard InChI is InChI=1S/C26H30O2/c1-15(2)20-7-9-21(10-8-20)26(22-11-18(5)24(27)13-16(22)3)23-12-19(6)25(28)14-17(23)4/h7-15,26-28H,1-6H3. The Morgan fingerprint density at radius 2 is 0.964 bits per heavy atom. The molecule has 0 saturated heterocycles. The quantitative estimate of drug-likeness (QED) is 0.503. The van der Waals surface area contributed by atoms with E-state index in [0.29, 0.717) is 17.4 Å². The Morgan fingerprint density at radius 3 is 1.36 bits per heavy atom. The molecule has 0 aromatic heterocycles. The number of aromatic hydroxyl groups is 2. The summed E-state index contributed by atoms with van der Waals surface area (Å²) in [5.41, 5.74) is 8.76. The minimum atomic E-state index is 0.0415. The van der Waals surface area contributed by atoms with Crippen LogP contribution in [-0.2, 0) is 0 Å². The van der Waals surface area contributed by atoms with Crippen LogP contribution in [0.5, 0.6) is 11.5 Å². The second-order valence-electron chi connectivity index (χ2n) is 8.24. The maximum Gasteiger partial charge on any atom is 0.118 e. The van der Waals surface area contributed by atoms with E-state index >= 15 is 0 Å². The molecule has 0 spiro atoms. The highest BCUT2D eigenvalue weighted by Crippen LogP contribution is 2.39. The van der Waals surface area contributed by atoms with Gasteiger partial charge in [-0.15, -0.1) is 0 Å². The summed E-state index contributed by atoms with van der Waals surface area (Å²) in [6, 6.07) is 16.7. The number of phenolic OH excluding ortho intramolecular Hbond substituents is 2. The molecule has 2 heteroatoms. The summed E-state index contributed by atoms with van der Waals surface area (Å²) in [6.07, 6.45) is 0. The zero-order valence-corrected chi connectivity index (χ0v) is 17.7. The molecule has 0 heterocycles. The van der Waals surface area contributed by atoms with Gasteiger partial charge in [-0.25, -0.2) is 0 Å². The average molecular weight is 375 g/mol. The predicted molar refractivity (Wildman–Crippen MR) is 117 cm³/mol. The Balaban J connectivity index is 2.26. The molecule has 3 aromatic rings. The minimum absolute atomic E-state index is 0.0415. The lowest BCUT2D eigenvalue weighted by atomic mass is 9.79. The first kappa shape index (κ1) is 20.0. The largest absolute Gasteiger partial charge is 0.508 e. The zero-order chi connectivity index (χ0) is 20.6. The van der Waals surface area contributed by atoms with Crippen molar-refractivity contribution in [3.8, 4) is 11.5 Å². The van der Waals surface area contributed by atoms with Gasteiger partial charge in [0.05, 0.1) is 0 Å². The number of rotatable bonds is 4. The van der Waals surface area contributed by atoms with Gasteiger partial charge in [0.2, 0.25) is 0 Å². The van der Waals surface area contributed by atoms with E-state index < -0.39 is 0 Å². The molecule has 3 rings (SSSR count). The molecular weight excluding hydrogens is 344 g/mol. The molecule has 0 bridgehead atoms. The number of benzene rings is 3. The molecule has 146 valence electrons. The van der Waals surface area contributed by atoms with E-state index in [1.165, 1.54) is 22.3 Å². The summed E-state index contributed by atoms with van der Waals surface area (Å²) in [7, 11) is 0. The molecule has 3 aromatic carbocycles. The summed E-state index contributed by atoms with van der Waals surface area (Å²) >= 11 is 0. The zero-order valence-electron chi connectivity index (χ0n) is 17.7. The van der Waals surface area contributed by atoms with Gasteiger partial charge in [-0.3, -0.25) is 0 Å². The van der Waals surface area contributed by atoms with Gasteiger partial charge < -0.3 is 10.2 Å². The van der Waals surface area contributed by atoms with Crippen molar-refractivity contribution in [1.82, 2.24) is 0 Å². The third-order valence-electron chi connectivity index (χ3n) is 5.73. The van der Waals surface area contributed by atoms with Gasteiger partial charge in [0.15, 0.2) is 0 Å². The van der Waals surface area contributed by atoms with Crippen LogP contribution in [0.3, 0.4) is 0 Å². The van der Waals surface area contributed by atoms with Crippen LogP contribution in [0, 0.1) is 27.7 Å².